The summed E-state index contributed by atoms with van der Waals surface area (Å²) in [6.07, 6.45) is 3.49. The molecule has 0 radical (unpaired) electrons. The van der Waals surface area contributed by atoms with Gasteiger partial charge in [-0.3, -0.25) is 14.3 Å². The highest BCUT2D eigenvalue weighted by molar-refractivity contribution is 7.99. The van der Waals surface area contributed by atoms with E-state index in [2.05, 4.69) is 20.5 Å². The molecule has 4 aromatic rings. The third-order valence-corrected chi connectivity index (χ3v) is 5.47. The molecule has 0 saturated carbocycles. The molecule has 0 aliphatic heterocycles. The molecule has 7 heteroatoms. The first-order valence-electron chi connectivity index (χ1n) is 9.53. The molecule has 150 valence electrons. The number of anilines is 1. The Hall–Kier alpha value is -3.45. The maximum Gasteiger partial charge on any atom is 0.234 e. The molecule has 0 aliphatic carbocycles. The minimum absolute atomic E-state index is 0.0899. The van der Waals surface area contributed by atoms with E-state index in [1.54, 1.807) is 12.4 Å². The van der Waals surface area contributed by atoms with Crippen molar-refractivity contribution in [2.24, 2.45) is 0 Å². The van der Waals surface area contributed by atoms with E-state index in [-0.39, 0.29) is 11.7 Å². The van der Waals surface area contributed by atoms with Crippen molar-refractivity contribution >= 4 is 23.4 Å². The summed E-state index contributed by atoms with van der Waals surface area (Å²) in [6, 6.07) is 19.6. The summed E-state index contributed by atoms with van der Waals surface area (Å²) in [4.78, 5) is 16.7. The number of nitrogens with zero attached hydrogens (tertiary/aromatic N) is 4. The number of rotatable bonds is 6. The van der Waals surface area contributed by atoms with E-state index in [9.17, 15) is 4.79 Å². The van der Waals surface area contributed by atoms with Crippen molar-refractivity contribution in [3.63, 3.8) is 0 Å². The van der Waals surface area contributed by atoms with Crippen LogP contribution in [0, 0.1) is 13.8 Å². The molecule has 0 aliphatic rings. The number of aryl methyl sites for hydroxylation is 2. The summed E-state index contributed by atoms with van der Waals surface area (Å²) in [6.45, 7) is 4.04. The second kappa shape index (κ2) is 8.92. The van der Waals surface area contributed by atoms with Crippen molar-refractivity contribution in [1.82, 2.24) is 19.7 Å². The smallest absolute Gasteiger partial charge is 0.234 e. The Bertz CT molecular complexity index is 1170. The van der Waals surface area contributed by atoms with Gasteiger partial charge in [-0.2, -0.15) is 0 Å². The lowest BCUT2D eigenvalue weighted by Gasteiger charge is -2.12. The second-order valence-electron chi connectivity index (χ2n) is 6.88. The van der Waals surface area contributed by atoms with Gasteiger partial charge in [0.1, 0.15) is 0 Å². The fourth-order valence-electron chi connectivity index (χ4n) is 3.13. The molecule has 2 aromatic carbocycles. The Morgan fingerprint density at radius 2 is 1.90 bits per heavy atom. The van der Waals surface area contributed by atoms with Crippen LogP contribution in [-0.2, 0) is 4.79 Å². The Morgan fingerprint density at radius 1 is 1.03 bits per heavy atom. The van der Waals surface area contributed by atoms with Gasteiger partial charge in [0, 0.05) is 23.6 Å². The molecule has 2 aromatic heterocycles. The third kappa shape index (κ3) is 4.41. The summed E-state index contributed by atoms with van der Waals surface area (Å²) in [5.41, 5.74) is 4.82. The van der Waals surface area contributed by atoms with Crippen molar-refractivity contribution in [3.8, 4) is 17.1 Å². The van der Waals surface area contributed by atoms with Gasteiger partial charge in [-0.1, -0.05) is 42.1 Å². The minimum atomic E-state index is -0.0899. The number of thioether (sulfide) groups is 1. The molecule has 4 rings (SSSR count). The number of hydrogen-bond donors (Lipinski definition) is 1. The van der Waals surface area contributed by atoms with Crippen molar-refractivity contribution in [3.05, 3.63) is 84.2 Å². The lowest BCUT2D eigenvalue weighted by Crippen LogP contribution is -2.14. The van der Waals surface area contributed by atoms with E-state index in [0.717, 1.165) is 28.1 Å². The molecule has 0 bridgehead atoms. The highest BCUT2D eigenvalue weighted by Gasteiger charge is 2.18. The lowest BCUT2D eigenvalue weighted by atomic mass is 10.2. The van der Waals surface area contributed by atoms with Crippen LogP contribution in [0.1, 0.15) is 11.1 Å². The first-order chi connectivity index (χ1) is 14.6. The molecule has 1 N–H and O–H groups in total. The van der Waals surface area contributed by atoms with Crippen LogP contribution in [0.4, 0.5) is 5.69 Å². The number of benzene rings is 2. The molecule has 6 nitrogen and oxygen atoms in total. The number of amides is 1. The van der Waals surface area contributed by atoms with Crippen LogP contribution in [0.5, 0.6) is 0 Å². The van der Waals surface area contributed by atoms with Crippen molar-refractivity contribution in [1.29, 1.82) is 0 Å². The predicted octanol–water partition coefficient (Wildman–Crippen LogP) is 4.68. The molecular formula is C23H21N5OS. The average Bonchev–Trinajstić information content (AvgIpc) is 3.17. The summed E-state index contributed by atoms with van der Waals surface area (Å²) in [5.74, 6) is 0.831. The monoisotopic (exact) mass is 415 g/mol. The van der Waals surface area contributed by atoms with Crippen molar-refractivity contribution in [2.75, 3.05) is 11.1 Å². The highest BCUT2D eigenvalue weighted by Crippen LogP contribution is 2.29. The minimum Gasteiger partial charge on any atom is -0.325 e. The molecule has 0 unspecified atom stereocenters. The summed E-state index contributed by atoms with van der Waals surface area (Å²) >= 11 is 1.35. The van der Waals surface area contributed by atoms with E-state index in [1.165, 1.54) is 11.8 Å². The van der Waals surface area contributed by atoms with E-state index >= 15 is 0 Å². The number of hydrogen-bond acceptors (Lipinski definition) is 5. The van der Waals surface area contributed by atoms with Gasteiger partial charge in [0.2, 0.25) is 5.91 Å². The molecule has 0 fully saturated rings. The molecule has 0 atom stereocenters. The number of nitrogens with one attached hydrogen (secondary N) is 1. The standard InChI is InChI=1S/C23H21N5OS/c1-16-7-5-10-19(13-16)25-21(29)15-30-23-27-26-22(18-9-6-12-24-14-18)28(23)20-11-4-3-8-17(20)2/h3-14H,15H2,1-2H3,(H,25,29). The normalized spacial score (nSPS) is 10.7. The highest BCUT2D eigenvalue weighted by atomic mass is 32.2. The fourth-order valence-corrected chi connectivity index (χ4v) is 3.87. The van der Waals surface area contributed by atoms with Crippen molar-refractivity contribution < 1.29 is 4.79 Å². The second-order valence-corrected chi connectivity index (χ2v) is 7.82. The molecule has 0 spiro atoms. The van der Waals surface area contributed by atoms with E-state index in [0.29, 0.717) is 11.0 Å². The number of aromatic nitrogens is 4. The molecule has 1 amide bonds. The Balaban J connectivity index is 1.61. The van der Waals surface area contributed by atoms with Crippen LogP contribution in [0.15, 0.2) is 78.2 Å². The predicted molar refractivity (Wildman–Crippen MR) is 120 cm³/mol. The van der Waals surface area contributed by atoms with Gasteiger partial charge >= 0.3 is 0 Å². The zero-order valence-electron chi connectivity index (χ0n) is 16.7. The number of carbonyl (C=O) groups excluding carboxylic acids is 1. The molecule has 30 heavy (non-hydrogen) atoms. The first kappa shape index (κ1) is 19.8. The Kier molecular flexibility index (Phi) is 5.90. The van der Waals surface area contributed by atoms with E-state index < -0.39 is 0 Å². The largest absolute Gasteiger partial charge is 0.325 e. The van der Waals surface area contributed by atoms with Crippen LogP contribution in [0.3, 0.4) is 0 Å². The van der Waals surface area contributed by atoms with Gasteiger partial charge in [0.05, 0.1) is 11.4 Å². The summed E-state index contributed by atoms with van der Waals surface area (Å²) < 4.78 is 1.98. The van der Waals surface area contributed by atoms with Crippen LogP contribution in [0.25, 0.3) is 17.1 Å². The van der Waals surface area contributed by atoms with E-state index in [1.807, 2.05) is 79.1 Å². The van der Waals surface area contributed by atoms with Crippen LogP contribution < -0.4 is 5.32 Å². The molecular weight excluding hydrogens is 394 g/mol. The lowest BCUT2D eigenvalue weighted by molar-refractivity contribution is -0.113. The maximum absolute atomic E-state index is 12.5. The number of pyridine rings is 1. The van der Waals surface area contributed by atoms with E-state index in [4.69, 9.17) is 0 Å². The topological polar surface area (TPSA) is 72.7 Å². The first-order valence-corrected chi connectivity index (χ1v) is 10.5. The number of para-hydroxylation sites is 1. The Morgan fingerprint density at radius 3 is 2.67 bits per heavy atom. The SMILES string of the molecule is Cc1cccc(NC(=O)CSc2nnc(-c3cccnc3)n2-c2ccccc2C)c1. The van der Waals surface area contributed by atoms with Gasteiger partial charge < -0.3 is 5.32 Å². The average molecular weight is 416 g/mol. The van der Waals surface area contributed by atoms with Gasteiger partial charge in [-0.05, 0) is 55.3 Å². The maximum atomic E-state index is 12.5. The Labute approximate surface area is 179 Å². The third-order valence-electron chi connectivity index (χ3n) is 4.54. The molecule has 0 saturated heterocycles. The number of carbonyl (C=O) groups is 1. The van der Waals surface area contributed by atoms with Crippen molar-refractivity contribution in [2.45, 2.75) is 19.0 Å². The zero-order chi connectivity index (χ0) is 20.9. The van der Waals surface area contributed by atoms with Crippen LogP contribution in [0.2, 0.25) is 0 Å². The van der Waals surface area contributed by atoms with Gasteiger partial charge in [-0.25, -0.2) is 0 Å². The van der Waals surface area contributed by atoms with Gasteiger partial charge in [-0.15, -0.1) is 10.2 Å². The van der Waals surface area contributed by atoms with Crippen LogP contribution >= 0.6 is 11.8 Å². The zero-order valence-corrected chi connectivity index (χ0v) is 17.6. The summed E-state index contributed by atoms with van der Waals surface area (Å²) in [7, 11) is 0. The quantitative estimate of drug-likeness (QED) is 0.463. The van der Waals surface area contributed by atoms with Gasteiger partial charge in [0.15, 0.2) is 11.0 Å². The fraction of sp³-hybridized carbons (Fsp3) is 0.130. The van der Waals surface area contributed by atoms with Gasteiger partial charge in [0.25, 0.3) is 0 Å². The summed E-state index contributed by atoms with van der Waals surface area (Å²) in [5, 5.41) is 12.4. The van der Waals surface area contributed by atoms with Crippen LogP contribution in [-0.4, -0.2) is 31.4 Å². The molecule has 2 heterocycles.